The molecular formula is C22H21ClN4O4. The van der Waals surface area contributed by atoms with Crippen molar-refractivity contribution in [2.24, 2.45) is 0 Å². The summed E-state index contributed by atoms with van der Waals surface area (Å²) in [5.74, 6) is 0.911. The number of carbonyl (C=O) groups is 2. The first-order valence-electron chi connectivity index (χ1n) is 9.59. The zero-order chi connectivity index (χ0) is 22.1. The van der Waals surface area contributed by atoms with Crippen LogP contribution in [-0.2, 0) is 9.59 Å². The number of fused-ring (bicyclic) bond motifs is 1. The van der Waals surface area contributed by atoms with E-state index >= 15 is 0 Å². The lowest BCUT2D eigenvalue weighted by molar-refractivity contribution is -0.125. The highest BCUT2D eigenvalue weighted by atomic mass is 35.5. The molecule has 4 rings (SSSR count). The summed E-state index contributed by atoms with van der Waals surface area (Å²) < 4.78 is 12.1. The first-order valence-corrected chi connectivity index (χ1v) is 9.97. The average Bonchev–Trinajstić information content (AvgIpc) is 3.10. The van der Waals surface area contributed by atoms with E-state index in [0.29, 0.717) is 33.7 Å². The zero-order valence-electron chi connectivity index (χ0n) is 17.2. The molecule has 8 nitrogen and oxygen atoms in total. The lowest BCUT2D eigenvalue weighted by Crippen LogP contribution is -2.36. The molecule has 1 atom stereocenters. The Bertz CT molecular complexity index is 1160. The van der Waals surface area contributed by atoms with E-state index in [1.54, 1.807) is 35.0 Å². The van der Waals surface area contributed by atoms with Crippen LogP contribution in [0.15, 0.2) is 42.5 Å². The molecule has 9 heteroatoms. The van der Waals surface area contributed by atoms with Gasteiger partial charge in [-0.2, -0.15) is 5.10 Å². The predicted molar refractivity (Wildman–Crippen MR) is 118 cm³/mol. The Balaban J connectivity index is 1.70. The Labute approximate surface area is 184 Å². The molecule has 0 aliphatic carbocycles. The normalized spacial score (nSPS) is 15.1. The van der Waals surface area contributed by atoms with Crippen molar-refractivity contribution >= 4 is 34.9 Å². The summed E-state index contributed by atoms with van der Waals surface area (Å²) in [6.07, 6.45) is -0.0354. The van der Waals surface area contributed by atoms with E-state index in [9.17, 15) is 9.59 Å². The van der Waals surface area contributed by atoms with Crippen molar-refractivity contribution in [1.82, 2.24) is 9.78 Å². The largest absolute Gasteiger partial charge is 0.497 e. The third-order valence-corrected chi connectivity index (χ3v) is 5.42. The Morgan fingerprint density at radius 2 is 1.94 bits per heavy atom. The van der Waals surface area contributed by atoms with E-state index in [4.69, 9.17) is 21.1 Å². The Morgan fingerprint density at radius 1 is 1.19 bits per heavy atom. The van der Waals surface area contributed by atoms with Crippen molar-refractivity contribution in [3.8, 4) is 22.8 Å². The quantitative estimate of drug-likeness (QED) is 0.624. The van der Waals surface area contributed by atoms with Crippen LogP contribution >= 0.6 is 11.6 Å². The number of carbonyl (C=O) groups excluding carboxylic acids is 2. The Kier molecular flexibility index (Phi) is 5.56. The van der Waals surface area contributed by atoms with Crippen molar-refractivity contribution < 1.29 is 19.1 Å². The van der Waals surface area contributed by atoms with Gasteiger partial charge in [0.2, 0.25) is 11.8 Å². The summed E-state index contributed by atoms with van der Waals surface area (Å²) in [7, 11) is 3.05. The number of hydrogen-bond donors (Lipinski definition) is 2. The molecule has 1 aliphatic rings. The van der Waals surface area contributed by atoms with Gasteiger partial charge >= 0.3 is 0 Å². The third-order valence-electron chi connectivity index (χ3n) is 5.16. The maximum absolute atomic E-state index is 13.2. The molecular weight excluding hydrogens is 420 g/mol. The summed E-state index contributed by atoms with van der Waals surface area (Å²) in [6.45, 7) is 1.86. The predicted octanol–water partition coefficient (Wildman–Crippen LogP) is 4.05. The van der Waals surface area contributed by atoms with E-state index in [0.717, 1.165) is 11.1 Å². The van der Waals surface area contributed by atoms with Crippen molar-refractivity contribution in [1.29, 1.82) is 0 Å². The number of benzene rings is 2. The highest BCUT2D eigenvalue weighted by molar-refractivity contribution is 6.30. The Morgan fingerprint density at radius 3 is 2.61 bits per heavy atom. The number of rotatable bonds is 5. The summed E-state index contributed by atoms with van der Waals surface area (Å²) in [5, 5.41) is 10.9. The maximum Gasteiger partial charge on any atom is 0.249 e. The summed E-state index contributed by atoms with van der Waals surface area (Å²) in [4.78, 5) is 25.5. The minimum absolute atomic E-state index is 0.0354. The van der Waals surface area contributed by atoms with E-state index in [1.807, 2.05) is 19.1 Å². The number of ether oxygens (including phenoxy) is 2. The third kappa shape index (κ3) is 3.94. The lowest BCUT2D eigenvalue weighted by atomic mass is 10.1. The van der Waals surface area contributed by atoms with Crippen LogP contribution in [0.4, 0.5) is 11.5 Å². The molecule has 0 radical (unpaired) electrons. The van der Waals surface area contributed by atoms with Crippen molar-refractivity contribution in [3.05, 3.63) is 53.1 Å². The number of halogens is 1. The van der Waals surface area contributed by atoms with Gasteiger partial charge in [0.1, 0.15) is 23.4 Å². The number of nitrogens with zero attached hydrogens (tertiary/aromatic N) is 2. The molecule has 0 saturated carbocycles. The zero-order valence-corrected chi connectivity index (χ0v) is 18.0. The van der Waals surface area contributed by atoms with Gasteiger partial charge < -0.3 is 20.1 Å². The molecule has 1 aliphatic heterocycles. The standard InChI is InChI=1S/C22H21ClN4O4/c1-12-20(13-4-6-14(23)7-5-13)26-27-17(11-19(28)25-21(12)27)22(29)24-16-10-15(30-2)8-9-18(16)31-3/h4-10,17H,11H2,1-3H3,(H,24,29)(H,25,28)/t17-/m0/s1. The molecule has 31 heavy (non-hydrogen) atoms. The fourth-order valence-corrected chi connectivity index (χ4v) is 3.68. The fourth-order valence-electron chi connectivity index (χ4n) is 3.55. The Hall–Kier alpha value is -3.52. The lowest BCUT2D eigenvalue weighted by Gasteiger charge is -2.24. The van der Waals surface area contributed by atoms with Crippen LogP contribution in [0.25, 0.3) is 11.3 Å². The molecule has 0 fully saturated rings. The van der Waals surface area contributed by atoms with Gasteiger partial charge in [-0.1, -0.05) is 23.7 Å². The topological polar surface area (TPSA) is 94.5 Å². The monoisotopic (exact) mass is 440 g/mol. The van der Waals surface area contributed by atoms with Gasteiger partial charge in [0.05, 0.1) is 32.0 Å². The number of amides is 2. The molecule has 1 aromatic heterocycles. The highest BCUT2D eigenvalue weighted by Gasteiger charge is 2.34. The van der Waals surface area contributed by atoms with Gasteiger partial charge in [-0.15, -0.1) is 0 Å². The molecule has 0 unspecified atom stereocenters. The molecule has 3 aromatic rings. The molecule has 0 saturated heterocycles. The number of anilines is 2. The molecule has 160 valence electrons. The first kappa shape index (κ1) is 20.7. The van der Waals surface area contributed by atoms with Crippen LogP contribution in [0, 0.1) is 6.92 Å². The van der Waals surface area contributed by atoms with Crippen molar-refractivity contribution in [2.75, 3.05) is 24.9 Å². The van der Waals surface area contributed by atoms with Crippen LogP contribution in [0.3, 0.4) is 0 Å². The van der Waals surface area contributed by atoms with Crippen LogP contribution in [-0.4, -0.2) is 35.8 Å². The summed E-state index contributed by atoms with van der Waals surface area (Å²) in [5.41, 5.74) is 2.73. The van der Waals surface area contributed by atoms with Crippen LogP contribution in [0.2, 0.25) is 5.02 Å². The molecule has 2 heterocycles. The molecule has 2 N–H and O–H groups in total. The number of hydrogen-bond acceptors (Lipinski definition) is 5. The van der Waals surface area contributed by atoms with Crippen molar-refractivity contribution in [2.45, 2.75) is 19.4 Å². The second kappa shape index (κ2) is 8.31. The van der Waals surface area contributed by atoms with E-state index < -0.39 is 6.04 Å². The number of methoxy groups -OCH3 is 2. The van der Waals surface area contributed by atoms with Crippen LogP contribution in [0.1, 0.15) is 18.0 Å². The minimum Gasteiger partial charge on any atom is -0.497 e. The van der Waals surface area contributed by atoms with Crippen molar-refractivity contribution in [3.63, 3.8) is 0 Å². The summed E-state index contributed by atoms with van der Waals surface area (Å²) in [6, 6.07) is 11.5. The summed E-state index contributed by atoms with van der Waals surface area (Å²) >= 11 is 5.99. The number of nitrogens with one attached hydrogen (secondary N) is 2. The fraction of sp³-hybridized carbons (Fsp3) is 0.227. The van der Waals surface area contributed by atoms with Crippen LogP contribution < -0.4 is 20.1 Å². The highest BCUT2D eigenvalue weighted by Crippen LogP contribution is 2.36. The smallest absolute Gasteiger partial charge is 0.249 e. The first-order chi connectivity index (χ1) is 14.9. The molecule has 2 aromatic carbocycles. The van der Waals surface area contributed by atoms with Gasteiger partial charge in [0.15, 0.2) is 0 Å². The molecule has 0 spiro atoms. The van der Waals surface area contributed by atoms with Gasteiger partial charge in [-0.3, -0.25) is 9.59 Å². The second-order valence-corrected chi connectivity index (χ2v) is 7.53. The van der Waals surface area contributed by atoms with E-state index in [2.05, 4.69) is 15.7 Å². The van der Waals surface area contributed by atoms with Gasteiger partial charge in [-0.25, -0.2) is 4.68 Å². The second-order valence-electron chi connectivity index (χ2n) is 7.10. The molecule has 0 bridgehead atoms. The van der Waals surface area contributed by atoms with Crippen LogP contribution in [0.5, 0.6) is 11.5 Å². The SMILES string of the molecule is COc1ccc(OC)c(NC(=O)[C@@H]2CC(=O)Nc3c(C)c(-c4ccc(Cl)cc4)nn32)c1. The van der Waals surface area contributed by atoms with E-state index in [1.165, 1.54) is 14.2 Å². The van der Waals surface area contributed by atoms with Gasteiger partial charge in [0.25, 0.3) is 0 Å². The van der Waals surface area contributed by atoms with Gasteiger partial charge in [0, 0.05) is 22.2 Å². The van der Waals surface area contributed by atoms with Gasteiger partial charge in [-0.05, 0) is 31.2 Å². The maximum atomic E-state index is 13.2. The van der Waals surface area contributed by atoms with E-state index in [-0.39, 0.29) is 18.2 Å². The molecule has 2 amide bonds. The number of aromatic nitrogens is 2. The average molecular weight is 441 g/mol. The minimum atomic E-state index is -0.820.